The van der Waals surface area contributed by atoms with E-state index in [-0.39, 0.29) is 16.2 Å². The molecule has 0 unspecified atom stereocenters. The first-order valence-corrected chi connectivity index (χ1v) is 5.36. The van der Waals surface area contributed by atoms with Gasteiger partial charge in [-0.25, -0.2) is 0 Å². The molecule has 1 aromatic carbocycles. The lowest BCUT2D eigenvalue weighted by molar-refractivity contribution is 0.552. The molecule has 0 N–H and O–H groups in total. The summed E-state index contributed by atoms with van der Waals surface area (Å²) in [6.45, 7) is 5.70. The molecule has 0 bridgehead atoms. The van der Waals surface area contributed by atoms with E-state index in [0.717, 1.165) is 0 Å². The monoisotopic (exact) mass is 257 g/mol. The van der Waals surface area contributed by atoms with E-state index in [1.165, 1.54) is 12.1 Å². The third-order valence-electron chi connectivity index (χ3n) is 1.57. The van der Waals surface area contributed by atoms with Gasteiger partial charge in [0.15, 0.2) is 10.7 Å². The molecule has 84 valence electrons. The summed E-state index contributed by atoms with van der Waals surface area (Å²) in [5, 5.41) is 17.5. The fourth-order valence-corrected chi connectivity index (χ4v) is 1.45. The van der Waals surface area contributed by atoms with Gasteiger partial charge in [0.05, 0.1) is 5.54 Å². The summed E-state index contributed by atoms with van der Waals surface area (Å²) in [6, 6.07) is 3.02. The maximum Gasteiger partial charge on any atom is 0.430 e. The molecule has 0 aliphatic heterocycles. The summed E-state index contributed by atoms with van der Waals surface area (Å²) < 4.78 is 0. The van der Waals surface area contributed by atoms with Gasteiger partial charge in [0, 0.05) is 5.02 Å². The van der Waals surface area contributed by atoms with Gasteiger partial charge in [-0.3, -0.25) is 0 Å². The molecule has 4 nitrogen and oxygen atoms in total. The van der Waals surface area contributed by atoms with Gasteiger partial charge in [-0.05, 0) is 32.9 Å². The minimum Gasteiger partial charge on any atom is -0.183 e. The van der Waals surface area contributed by atoms with Crippen LogP contribution in [0, 0.1) is 5.39 Å². The second-order valence-electron chi connectivity index (χ2n) is 4.23. The first-order valence-electron chi connectivity index (χ1n) is 4.60. The van der Waals surface area contributed by atoms with E-state index >= 15 is 0 Å². The summed E-state index contributed by atoms with van der Waals surface area (Å²) in [4.78, 5) is 3.07. The average molecular weight is 258 g/mol. The van der Waals surface area contributed by atoms with Crippen LogP contribution in [0.2, 0.25) is 10.0 Å². The first kappa shape index (κ1) is 12.9. The van der Waals surface area contributed by atoms with Gasteiger partial charge in [0.1, 0.15) is 5.02 Å². The Morgan fingerprint density at radius 2 is 1.88 bits per heavy atom. The lowest BCUT2D eigenvalue weighted by Gasteiger charge is -2.08. The number of hydrogen-bond acceptors (Lipinski definition) is 3. The molecule has 0 spiro atoms. The molecular weight excluding hydrogens is 247 g/mol. The van der Waals surface area contributed by atoms with Gasteiger partial charge in [0.2, 0.25) is 5.39 Å². The molecule has 0 saturated carbocycles. The standard InChI is InChI=1S/C10H11Cl2N4/c1-10(2,3)16-15-8-5-6(11)4-7(12)9(8)14-13/h4-5H,1-3H3/q+1. The van der Waals surface area contributed by atoms with Gasteiger partial charge < -0.3 is 0 Å². The van der Waals surface area contributed by atoms with Crippen LogP contribution >= 0.6 is 23.2 Å². The van der Waals surface area contributed by atoms with E-state index in [2.05, 4.69) is 15.2 Å². The van der Waals surface area contributed by atoms with Crippen molar-refractivity contribution < 1.29 is 0 Å². The topological polar surface area (TPSA) is 52.9 Å². The predicted octanol–water partition coefficient (Wildman–Crippen LogP) is 5.36. The van der Waals surface area contributed by atoms with Gasteiger partial charge in [-0.2, -0.15) is 5.11 Å². The number of rotatable bonds is 1. The molecule has 0 heterocycles. The second kappa shape index (κ2) is 4.77. The molecular formula is C10H11Cl2N4+. The normalized spacial score (nSPS) is 11.8. The molecule has 0 fully saturated rings. The third kappa shape index (κ3) is 3.44. The van der Waals surface area contributed by atoms with E-state index in [4.69, 9.17) is 28.6 Å². The van der Waals surface area contributed by atoms with E-state index in [1.807, 2.05) is 20.8 Å². The molecule has 0 aliphatic rings. The highest BCUT2D eigenvalue weighted by molar-refractivity contribution is 6.37. The fourth-order valence-electron chi connectivity index (χ4n) is 0.931. The Labute approximate surface area is 104 Å². The molecule has 0 aliphatic carbocycles. The smallest absolute Gasteiger partial charge is 0.183 e. The van der Waals surface area contributed by atoms with E-state index in [1.54, 1.807) is 0 Å². The van der Waals surface area contributed by atoms with Crippen molar-refractivity contribution in [1.82, 2.24) is 0 Å². The number of diazo groups is 1. The maximum absolute atomic E-state index is 8.82. The van der Waals surface area contributed by atoms with Gasteiger partial charge >= 0.3 is 5.69 Å². The third-order valence-corrected chi connectivity index (χ3v) is 2.07. The van der Waals surface area contributed by atoms with Crippen molar-refractivity contribution in [2.45, 2.75) is 26.3 Å². The Balaban J connectivity index is 3.24. The molecule has 0 amide bonds. The van der Waals surface area contributed by atoms with Crippen molar-refractivity contribution in [3.8, 4) is 0 Å². The maximum atomic E-state index is 8.82. The van der Waals surface area contributed by atoms with Crippen LogP contribution in [0.5, 0.6) is 0 Å². The quantitative estimate of drug-likeness (QED) is 0.494. The van der Waals surface area contributed by atoms with E-state index in [9.17, 15) is 0 Å². The second-order valence-corrected chi connectivity index (χ2v) is 5.07. The molecule has 1 aromatic rings. The largest absolute Gasteiger partial charge is 0.430 e. The first-order chi connectivity index (χ1) is 7.33. The molecule has 0 radical (unpaired) electrons. The van der Waals surface area contributed by atoms with Crippen molar-refractivity contribution in [3.63, 3.8) is 0 Å². The summed E-state index contributed by atoms with van der Waals surface area (Å²) in [7, 11) is 0. The lowest BCUT2D eigenvalue weighted by atomic mass is 10.1. The Kier molecular flexibility index (Phi) is 3.84. The number of halogens is 2. The average Bonchev–Trinajstić information content (AvgIpc) is 2.12. The van der Waals surface area contributed by atoms with Crippen LogP contribution in [0.3, 0.4) is 0 Å². The SMILES string of the molecule is CC(C)(C)N=Nc1cc(Cl)cc(Cl)c1[N+]#N. The lowest BCUT2D eigenvalue weighted by Crippen LogP contribution is -2.07. The zero-order valence-corrected chi connectivity index (χ0v) is 10.7. The number of nitrogens with zero attached hydrogens (tertiary/aromatic N) is 4. The van der Waals surface area contributed by atoms with Crippen LogP contribution < -0.4 is 0 Å². The van der Waals surface area contributed by atoms with Crippen molar-refractivity contribution in [2.75, 3.05) is 0 Å². The zero-order valence-electron chi connectivity index (χ0n) is 9.20. The van der Waals surface area contributed by atoms with Crippen molar-refractivity contribution >= 4 is 34.6 Å². The van der Waals surface area contributed by atoms with Crippen LogP contribution in [0.25, 0.3) is 4.98 Å². The number of hydrogen-bond donors (Lipinski definition) is 0. The molecule has 1 rings (SSSR count). The van der Waals surface area contributed by atoms with Crippen LogP contribution in [0.15, 0.2) is 22.4 Å². The predicted molar refractivity (Wildman–Crippen MR) is 65.5 cm³/mol. The molecule has 0 atom stereocenters. The Morgan fingerprint density at radius 1 is 1.25 bits per heavy atom. The van der Waals surface area contributed by atoms with Crippen LogP contribution in [-0.2, 0) is 0 Å². The van der Waals surface area contributed by atoms with E-state index < -0.39 is 0 Å². The van der Waals surface area contributed by atoms with Gasteiger partial charge in [-0.1, -0.05) is 23.2 Å². The van der Waals surface area contributed by atoms with E-state index in [0.29, 0.717) is 10.7 Å². The van der Waals surface area contributed by atoms with Crippen molar-refractivity contribution in [2.24, 2.45) is 10.2 Å². The Bertz CT molecular complexity index is 469. The fraction of sp³-hybridized carbons (Fsp3) is 0.400. The van der Waals surface area contributed by atoms with Crippen LogP contribution in [-0.4, -0.2) is 5.54 Å². The van der Waals surface area contributed by atoms with Crippen LogP contribution in [0.1, 0.15) is 20.8 Å². The van der Waals surface area contributed by atoms with Crippen molar-refractivity contribution in [3.05, 3.63) is 27.2 Å². The summed E-state index contributed by atoms with van der Waals surface area (Å²) >= 11 is 11.7. The highest BCUT2D eigenvalue weighted by Gasteiger charge is 2.21. The Morgan fingerprint density at radius 3 is 2.38 bits per heavy atom. The summed E-state index contributed by atoms with van der Waals surface area (Å²) in [6.07, 6.45) is 0. The molecule has 16 heavy (non-hydrogen) atoms. The number of azo groups is 1. The minimum atomic E-state index is -0.318. The highest BCUT2D eigenvalue weighted by atomic mass is 35.5. The molecule has 6 heteroatoms. The Hall–Kier alpha value is -1.18. The number of benzene rings is 1. The van der Waals surface area contributed by atoms with Gasteiger partial charge in [-0.15, -0.1) is 5.11 Å². The van der Waals surface area contributed by atoms with Gasteiger partial charge in [0.25, 0.3) is 0 Å². The molecule has 0 aromatic heterocycles. The zero-order chi connectivity index (χ0) is 12.3. The summed E-state index contributed by atoms with van der Waals surface area (Å²) in [5.41, 5.74) is 0.190. The summed E-state index contributed by atoms with van der Waals surface area (Å²) in [5.74, 6) is 0. The molecule has 0 saturated heterocycles. The minimum absolute atomic E-state index is 0.166. The highest BCUT2D eigenvalue weighted by Crippen LogP contribution is 2.38. The van der Waals surface area contributed by atoms with Crippen molar-refractivity contribution in [1.29, 1.82) is 5.39 Å². The van der Waals surface area contributed by atoms with Crippen LogP contribution in [0.4, 0.5) is 11.4 Å².